The minimum atomic E-state index is 0.163. The number of nitrogens with zero attached hydrogens (tertiary/aromatic N) is 1. The average molecular weight is 351 g/mol. The third kappa shape index (κ3) is 4.17. The zero-order valence-electron chi connectivity index (χ0n) is 15.9. The number of anilines is 1. The molecule has 4 N–H and O–H groups in total. The van der Waals surface area contributed by atoms with Crippen LogP contribution in [0.2, 0.25) is 0 Å². The number of hydrogen-bond acceptors (Lipinski definition) is 4. The van der Waals surface area contributed by atoms with E-state index in [4.69, 9.17) is 5.41 Å². The summed E-state index contributed by atoms with van der Waals surface area (Å²) >= 11 is 0. The van der Waals surface area contributed by atoms with Gasteiger partial charge in [0, 0.05) is 63.7 Å². The molecule has 3 rings (SSSR count). The first-order chi connectivity index (χ1) is 12.6. The molecular weight excluding hydrogens is 322 g/mol. The van der Waals surface area contributed by atoms with E-state index in [-0.39, 0.29) is 6.04 Å². The highest BCUT2D eigenvalue weighted by molar-refractivity contribution is 5.97. The first-order valence-electron chi connectivity index (χ1n) is 9.20. The fourth-order valence-electron chi connectivity index (χ4n) is 3.38. The van der Waals surface area contributed by atoms with Gasteiger partial charge in [-0.05, 0) is 29.7 Å². The van der Waals surface area contributed by atoms with Gasteiger partial charge in [0.15, 0.2) is 0 Å². The van der Waals surface area contributed by atoms with Crippen LogP contribution in [0, 0.1) is 5.41 Å². The van der Waals surface area contributed by atoms with Gasteiger partial charge in [0.2, 0.25) is 0 Å². The van der Waals surface area contributed by atoms with E-state index in [1.54, 1.807) is 0 Å². The Bertz CT molecular complexity index is 757. The molecule has 2 aliphatic rings. The molecule has 26 heavy (non-hydrogen) atoms. The minimum Gasteiger partial charge on any atom is -0.391 e. The molecule has 138 valence electrons. The SMILES string of the molecule is CNC1=C(C(=N)NC2C=CC(c3cccc(N(C)C)c3)=CC2)CNCC1. The number of amidine groups is 1. The maximum atomic E-state index is 8.43. The molecule has 1 unspecified atom stereocenters. The standard InChI is InChI=1S/C21H29N5/c1-23-20-11-12-24-14-19(20)21(22)25-17-9-7-15(8-10-17)16-5-4-6-18(13-16)26(2)3/h4-9,13,17,23-24H,10-12,14H2,1-3H3,(H2,22,25). The third-order valence-electron chi connectivity index (χ3n) is 4.95. The Labute approximate surface area is 156 Å². The topological polar surface area (TPSA) is 63.2 Å². The van der Waals surface area contributed by atoms with Gasteiger partial charge in [-0.15, -0.1) is 0 Å². The second-order valence-corrected chi connectivity index (χ2v) is 6.96. The van der Waals surface area contributed by atoms with Crippen LogP contribution in [0.15, 0.2) is 53.8 Å². The van der Waals surface area contributed by atoms with Crippen molar-refractivity contribution < 1.29 is 0 Å². The third-order valence-corrected chi connectivity index (χ3v) is 4.95. The molecular formula is C21H29N5. The summed E-state index contributed by atoms with van der Waals surface area (Å²) in [5.41, 5.74) is 5.89. The Balaban J connectivity index is 1.65. The number of benzene rings is 1. The highest BCUT2D eigenvalue weighted by Gasteiger charge is 2.18. The van der Waals surface area contributed by atoms with E-state index < -0.39 is 0 Å². The van der Waals surface area contributed by atoms with Gasteiger partial charge in [-0.2, -0.15) is 0 Å². The maximum Gasteiger partial charge on any atom is 0.124 e. The Morgan fingerprint density at radius 1 is 1.31 bits per heavy atom. The number of rotatable bonds is 5. The molecule has 1 heterocycles. The van der Waals surface area contributed by atoms with Crippen LogP contribution < -0.4 is 20.9 Å². The first kappa shape index (κ1) is 18.3. The Morgan fingerprint density at radius 2 is 2.15 bits per heavy atom. The summed E-state index contributed by atoms with van der Waals surface area (Å²) in [6.45, 7) is 1.71. The molecule has 1 aromatic rings. The van der Waals surface area contributed by atoms with Gasteiger partial charge in [0.1, 0.15) is 5.84 Å². The van der Waals surface area contributed by atoms with Crippen LogP contribution in [-0.2, 0) is 0 Å². The lowest BCUT2D eigenvalue weighted by Gasteiger charge is -2.25. The van der Waals surface area contributed by atoms with E-state index in [9.17, 15) is 0 Å². The van der Waals surface area contributed by atoms with Gasteiger partial charge in [-0.25, -0.2) is 0 Å². The van der Waals surface area contributed by atoms with E-state index in [2.05, 4.69) is 77.4 Å². The van der Waals surface area contributed by atoms with E-state index in [1.165, 1.54) is 16.8 Å². The maximum absolute atomic E-state index is 8.43. The van der Waals surface area contributed by atoms with Crippen molar-refractivity contribution in [3.8, 4) is 0 Å². The second kappa shape index (κ2) is 8.23. The summed E-state index contributed by atoms with van der Waals surface area (Å²) in [7, 11) is 6.05. The number of hydrogen-bond donors (Lipinski definition) is 4. The molecule has 0 fully saturated rings. The highest BCUT2D eigenvalue weighted by atomic mass is 15.1. The smallest absolute Gasteiger partial charge is 0.124 e. The van der Waals surface area contributed by atoms with Crippen LogP contribution in [0.1, 0.15) is 18.4 Å². The number of allylic oxidation sites excluding steroid dienone is 2. The summed E-state index contributed by atoms with van der Waals surface area (Å²) in [5, 5.41) is 18.4. The molecule has 0 bridgehead atoms. The van der Waals surface area contributed by atoms with Crippen molar-refractivity contribution in [3.05, 3.63) is 59.3 Å². The zero-order valence-corrected chi connectivity index (χ0v) is 15.9. The van der Waals surface area contributed by atoms with Crippen LogP contribution in [0.4, 0.5) is 5.69 Å². The molecule has 1 aliphatic carbocycles. The van der Waals surface area contributed by atoms with Gasteiger partial charge in [-0.3, -0.25) is 5.41 Å². The van der Waals surface area contributed by atoms with Crippen LogP contribution in [0.3, 0.4) is 0 Å². The average Bonchev–Trinajstić information content (AvgIpc) is 2.68. The summed E-state index contributed by atoms with van der Waals surface area (Å²) in [6.07, 6.45) is 8.42. The molecule has 0 spiro atoms. The van der Waals surface area contributed by atoms with Gasteiger partial charge < -0.3 is 20.9 Å². The summed E-state index contributed by atoms with van der Waals surface area (Å²) in [4.78, 5) is 2.12. The fraction of sp³-hybridized carbons (Fsp3) is 0.381. The molecule has 1 atom stereocenters. The van der Waals surface area contributed by atoms with Gasteiger partial charge in [0.05, 0.1) is 0 Å². The Kier molecular flexibility index (Phi) is 5.78. The lowest BCUT2D eigenvalue weighted by molar-refractivity contribution is 0.649. The zero-order chi connectivity index (χ0) is 18.5. The van der Waals surface area contributed by atoms with Crippen LogP contribution >= 0.6 is 0 Å². The first-order valence-corrected chi connectivity index (χ1v) is 9.20. The summed E-state index contributed by atoms with van der Waals surface area (Å²) in [6, 6.07) is 8.74. The van der Waals surface area contributed by atoms with Crippen molar-refractivity contribution in [2.45, 2.75) is 18.9 Å². The van der Waals surface area contributed by atoms with Crippen molar-refractivity contribution >= 4 is 17.1 Å². The monoisotopic (exact) mass is 351 g/mol. The van der Waals surface area contributed by atoms with Crippen LogP contribution in [-0.4, -0.2) is 46.1 Å². The summed E-state index contributed by atoms with van der Waals surface area (Å²) in [5.74, 6) is 0.516. The van der Waals surface area contributed by atoms with E-state index in [1.807, 2.05) is 7.05 Å². The van der Waals surface area contributed by atoms with Crippen molar-refractivity contribution in [1.29, 1.82) is 5.41 Å². The molecule has 0 aromatic heterocycles. The quantitative estimate of drug-likeness (QED) is 0.486. The summed E-state index contributed by atoms with van der Waals surface area (Å²) < 4.78 is 0. The minimum absolute atomic E-state index is 0.163. The van der Waals surface area contributed by atoms with Gasteiger partial charge in [-0.1, -0.05) is 30.4 Å². The largest absolute Gasteiger partial charge is 0.391 e. The van der Waals surface area contributed by atoms with E-state index in [0.29, 0.717) is 5.84 Å². The van der Waals surface area contributed by atoms with E-state index >= 15 is 0 Å². The van der Waals surface area contributed by atoms with E-state index in [0.717, 1.165) is 37.2 Å². The molecule has 0 saturated heterocycles. The highest BCUT2D eigenvalue weighted by Crippen LogP contribution is 2.25. The fourth-order valence-corrected chi connectivity index (χ4v) is 3.38. The second-order valence-electron chi connectivity index (χ2n) is 6.96. The predicted octanol–water partition coefficient (Wildman–Crippen LogP) is 2.50. The Hall–Kier alpha value is -2.53. The molecule has 0 saturated carbocycles. The van der Waals surface area contributed by atoms with Crippen molar-refractivity contribution in [2.75, 3.05) is 39.1 Å². The van der Waals surface area contributed by atoms with Crippen molar-refractivity contribution in [2.24, 2.45) is 0 Å². The number of nitrogens with one attached hydrogen (secondary N) is 4. The molecule has 1 aliphatic heterocycles. The van der Waals surface area contributed by atoms with Crippen LogP contribution in [0.5, 0.6) is 0 Å². The molecule has 0 radical (unpaired) electrons. The molecule has 5 nitrogen and oxygen atoms in total. The van der Waals surface area contributed by atoms with Crippen molar-refractivity contribution in [1.82, 2.24) is 16.0 Å². The lowest BCUT2D eigenvalue weighted by Crippen LogP contribution is -2.40. The Morgan fingerprint density at radius 3 is 2.85 bits per heavy atom. The van der Waals surface area contributed by atoms with Gasteiger partial charge >= 0.3 is 0 Å². The molecule has 0 amide bonds. The van der Waals surface area contributed by atoms with Crippen LogP contribution in [0.25, 0.3) is 5.57 Å². The normalized spacial score (nSPS) is 19.8. The predicted molar refractivity (Wildman–Crippen MR) is 111 cm³/mol. The van der Waals surface area contributed by atoms with Gasteiger partial charge in [0.25, 0.3) is 0 Å². The van der Waals surface area contributed by atoms with Crippen molar-refractivity contribution in [3.63, 3.8) is 0 Å². The lowest BCUT2D eigenvalue weighted by atomic mass is 9.96. The molecule has 1 aromatic carbocycles. The molecule has 5 heteroatoms.